The highest BCUT2D eigenvalue weighted by Gasteiger charge is 2.17. The molecule has 0 saturated heterocycles. The van der Waals surface area contributed by atoms with Crippen molar-refractivity contribution in [3.63, 3.8) is 0 Å². The smallest absolute Gasteiger partial charge is 0.273 e. The van der Waals surface area contributed by atoms with Crippen molar-refractivity contribution in [2.24, 2.45) is 7.05 Å². The van der Waals surface area contributed by atoms with Gasteiger partial charge in [0.1, 0.15) is 5.69 Å². The molecular formula is C17H19N5O. The monoisotopic (exact) mass is 309 g/mol. The number of benzene rings is 1. The van der Waals surface area contributed by atoms with E-state index in [0.717, 1.165) is 33.9 Å². The first-order valence-corrected chi connectivity index (χ1v) is 7.40. The van der Waals surface area contributed by atoms with Crippen LogP contribution in [0, 0.1) is 20.8 Å². The van der Waals surface area contributed by atoms with Crippen molar-refractivity contribution in [2.45, 2.75) is 20.8 Å². The van der Waals surface area contributed by atoms with Gasteiger partial charge in [0.2, 0.25) is 0 Å². The van der Waals surface area contributed by atoms with Gasteiger partial charge < -0.3 is 5.32 Å². The minimum Gasteiger partial charge on any atom is -0.320 e. The van der Waals surface area contributed by atoms with E-state index in [1.54, 1.807) is 6.07 Å². The first-order valence-electron chi connectivity index (χ1n) is 7.40. The fourth-order valence-electron chi connectivity index (χ4n) is 2.61. The van der Waals surface area contributed by atoms with Gasteiger partial charge >= 0.3 is 0 Å². The number of aromatic amines is 1. The maximum atomic E-state index is 12.4. The Morgan fingerprint density at radius 1 is 1.22 bits per heavy atom. The molecule has 2 heterocycles. The highest BCUT2D eigenvalue weighted by Crippen LogP contribution is 2.25. The number of para-hydroxylation sites is 1. The van der Waals surface area contributed by atoms with Gasteiger partial charge in [-0.3, -0.25) is 14.6 Å². The third-order valence-electron chi connectivity index (χ3n) is 3.98. The van der Waals surface area contributed by atoms with E-state index in [4.69, 9.17) is 0 Å². The van der Waals surface area contributed by atoms with Gasteiger partial charge in [-0.2, -0.15) is 10.2 Å². The molecule has 0 radical (unpaired) electrons. The molecule has 0 unspecified atom stereocenters. The number of rotatable bonds is 3. The average Bonchev–Trinajstić information content (AvgIpc) is 3.07. The van der Waals surface area contributed by atoms with Gasteiger partial charge in [0.25, 0.3) is 5.91 Å². The number of carbonyl (C=O) groups is 1. The summed E-state index contributed by atoms with van der Waals surface area (Å²) in [4.78, 5) is 12.4. The Labute approximate surface area is 134 Å². The Balaban J connectivity index is 1.87. The number of amides is 1. The lowest BCUT2D eigenvalue weighted by Gasteiger charge is -2.06. The second-order valence-electron chi connectivity index (χ2n) is 5.61. The SMILES string of the molecule is Cc1ccccc1NC(=O)c1cc(-c2c(C)nn(C)c2C)n[nH]1. The molecule has 2 N–H and O–H groups in total. The first kappa shape index (κ1) is 15.0. The lowest BCUT2D eigenvalue weighted by atomic mass is 10.1. The number of carbonyl (C=O) groups excluding carboxylic acids is 1. The minimum atomic E-state index is -0.211. The summed E-state index contributed by atoms with van der Waals surface area (Å²) >= 11 is 0. The van der Waals surface area contributed by atoms with Crippen LogP contribution in [0.5, 0.6) is 0 Å². The third-order valence-corrected chi connectivity index (χ3v) is 3.98. The van der Waals surface area contributed by atoms with E-state index in [9.17, 15) is 4.79 Å². The lowest BCUT2D eigenvalue weighted by molar-refractivity contribution is 0.102. The number of hydrogen-bond donors (Lipinski definition) is 2. The van der Waals surface area contributed by atoms with E-state index < -0.39 is 0 Å². The largest absolute Gasteiger partial charge is 0.320 e. The molecule has 6 nitrogen and oxygen atoms in total. The molecule has 0 aliphatic rings. The Hall–Kier alpha value is -2.89. The topological polar surface area (TPSA) is 75.6 Å². The zero-order valence-corrected chi connectivity index (χ0v) is 13.6. The number of aromatic nitrogens is 4. The van der Waals surface area contributed by atoms with Gasteiger partial charge in [0.05, 0.1) is 11.4 Å². The summed E-state index contributed by atoms with van der Waals surface area (Å²) < 4.78 is 1.81. The molecule has 1 aromatic carbocycles. The van der Waals surface area contributed by atoms with Crippen LogP contribution >= 0.6 is 0 Å². The quantitative estimate of drug-likeness (QED) is 0.781. The predicted molar refractivity (Wildman–Crippen MR) is 89.4 cm³/mol. The molecular weight excluding hydrogens is 290 g/mol. The summed E-state index contributed by atoms with van der Waals surface area (Å²) in [5.74, 6) is -0.211. The second-order valence-corrected chi connectivity index (χ2v) is 5.61. The highest BCUT2D eigenvalue weighted by molar-refractivity contribution is 6.03. The zero-order chi connectivity index (χ0) is 16.6. The van der Waals surface area contributed by atoms with Crippen LogP contribution in [0.2, 0.25) is 0 Å². The van der Waals surface area contributed by atoms with Gasteiger partial charge in [-0.1, -0.05) is 18.2 Å². The van der Waals surface area contributed by atoms with Gasteiger partial charge in [0, 0.05) is 24.0 Å². The number of H-pyrrole nitrogens is 1. The number of hydrogen-bond acceptors (Lipinski definition) is 3. The van der Waals surface area contributed by atoms with Crippen LogP contribution in [-0.4, -0.2) is 25.9 Å². The van der Waals surface area contributed by atoms with Gasteiger partial charge in [0.15, 0.2) is 0 Å². The summed E-state index contributed by atoms with van der Waals surface area (Å²) in [6.45, 7) is 5.87. The molecule has 2 aromatic heterocycles. The van der Waals surface area contributed by atoms with Crippen molar-refractivity contribution in [2.75, 3.05) is 5.32 Å². The Kier molecular flexibility index (Phi) is 3.73. The van der Waals surface area contributed by atoms with E-state index in [-0.39, 0.29) is 5.91 Å². The predicted octanol–water partition coefficient (Wildman–Crippen LogP) is 2.99. The van der Waals surface area contributed by atoms with Crippen molar-refractivity contribution in [1.29, 1.82) is 0 Å². The van der Waals surface area contributed by atoms with Gasteiger partial charge in [-0.05, 0) is 38.5 Å². The lowest BCUT2D eigenvalue weighted by Crippen LogP contribution is -2.13. The Morgan fingerprint density at radius 2 is 1.96 bits per heavy atom. The van der Waals surface area contributed by atoms with E-state index in [2.05, 4.69) is 20.6 Å². The second kappa shape index (κ2) is 5.72. The Morgan fingerprint density at radius 3 is 2.61 bits per heavy atom. The van der Waals surface area contributed by atoms with Crippen LogP contribution in [0.15, 0.2) is 30.3 Å². The molecule has 0 saturated carbocycles. The molecule has 3 rings (SSSR count). The van der Waals surface area contributed by atoms with Crippen LogP contribution in [0.25, 0.3) is 11.3 Å². The average molecular weight is 309 g/mol. The highest BCUT2D eigenvalue weighted by atomic mass is 16.1. The van der Waals surface area contributed by atoms with E-state index in [0.29, 0.717) is 5.69 Å². The molecule has 118 valence electrons. The van der Waals surface area contributed by atoms with Crippen LogP contribution in [-0.2, 0) is 7.05 Å². The molecule has 0 aliphatic heterocycles. The Bertz CT molecular complexity index is 875. The summed E-state index contributed by atoms with van der Waals surface area (Å²) in [6, 6.07) is 9.41. The van der Waals surface area contributed by atoms with Crippen LogP contribution < -0.4 is 5.32 Å². The van der Waals surface area contributed by atoms with Crippen molar-refractivity contribution in [3.05, 3.63) is 53.0 Å². The molecule has 1 amide bonds. The molecule has 0 fully saturated rings. The summed E-state index contributed by atoms with van der Waals surface area (Å²) in [7, 11) is 1.89. The molecule has 23 heavy (non-hydrogen) atoms. The van der Waals surface area contributed by atoms with Crippen LogP contribution in [0.3, 0.4) is 0 Å². The normalized spacial score (nSPS) is 10.8. The van der Waals surface area contributed by atoms with Gasteiger partial charge in [-0.15, -0.1) is 0 Å². The van der Waals surface area contributed by atoms with Crippen molar-refractivity contribution in [1.82, 2.24) is 20.0 Å². The minimum absolute atomic E-state index is 0.211. The van der Waals surface area contributed by atoms with Crippen molar-refractivity contribution >= 4 is 11.6 Å². The van der Waals surface area contributed by atoms with Crippen LogP contribution in [0.4, 0.5) is 5.69 Å². The summed E-state index contributed by atoms with van der Waals surface area (Å²) in [6.07, 6.45) is 0. The maximum absolute atomic E-state index is 12.4. The van der Waals surface area contributed by atoms with E-state index in [1.807, 2.05) is 56.8 Å². The molecule has 0 spiro atoms. The molecule has 0 bridgehead atoms. The fourth-order valence-corrected chi connectivity index (χ4v) is 2.61. The summed E-state index contributed by atoms with van der Waals surface area (Å²) in [5, 5.41) is 14.4. The number of nitrogens with one attached hydrogen (secondary N) is 2. The fraction of sp³-hybridized carbons (Fsp3) is 0.235. The maximum Gasteiger partial charge on any atom is 0.273 e. The first-order chi connectivity index (χ1) is 11.0. The van der Waals surface area contributed by atoms with Crippen LogP contribution in [0.1, 0.15) is 27.4 Å². The zero-order valence-electron chi connectivity index (χ0n) is 13.6. The summed E-state index contributed by atoms with van der Waals surface area (Å²) in [5.41, 5.74) is 5.82. The molecule has 0 atom stereocenters. The number of nitrogens with zero attached hydrogens (tertiary/aromatic N) is 3. The molecule has 6 heteroatoms. The van der Waals surface area contributed by atoms with Gasteiger partial charge in [-0.25, -0.2) is 0 Å². The standard InChI is InChI=1S/C17H19N5O/c1-10-7-5-6-8-13(10)18-17(23)15-9-14(19-20-15)16-11(2)21-22(4)12(16)3/h5-9H,1-4H3,(H,18,23)(H,19,20). The van der Waals surface area contributed by atoms with E-state index >= 15 is 0 Å². The van der Waals surface area contributed by atoms with E-state index in [1.165, 1.54) is 0 Å². The number of anilines is 1. The molecule has 0 aliphatic carbocycles. The molecule has 3 aromatic rings. The third kappa shape index (κ3) is 2.75. The van der Waals surface area contributed by atoms with Crippen molar-refractivity contribution in [3.8, 4) is 11.3 Å². The van der Waals surface area contributed by atoms with Crippen molar-refractivity contribution < 1.29 is 4.79 Å². The number of aryl methyl sites for hydroxylation is 3.